The van der Waals surface area contributed by atoms with Crippen LogP contribution in [0.2, 0.25) is 0 Å². The third-order valence-electron chi connectivity index (χ3n) is 6.35. The Kier molecular flexibility index (Phi) is 3.89. The van der Waals surface area contributed by atoms with Gasteiger partial charge >= 0.3 is 0 Å². The average Bonchev–Trinajstić information content (AvgIpc) is 2.53. The molecule has 2 aliphatic heterocycles. The Labute approximate surface area is 146 Å². The van der Waals surface area contributed by atoms with Crippen LogP contribution in [0.5, 0.6) is 11.5 Å². The van der Waals surface area contributed by atoms with Crippen molar-refractivity contribution in [3.8, 4) is 11.5 Å². The normalized spacial score (nSPS) is 26.5. The zero-order valence-corrected chi connectivity index (χ0v) is 15.6. The van der Waals surface area contributed by atoms with Crippen molar-refractivity contribution in [1.29, 1.82) is 0 Å². The highest BCUT2D eigenvalue weighted by Gasteiger charge is 2.49. The van der Waals surface area contributed by atoms with Gasteiger partial charge in [-0.25, -0.2) is 0 Å². The summed E-state index contributed by atoms with van der Waals surface area (Å²) >= 11 is 0. The summed E-state index contributed by atoms with van der Waals surface area (Å²) in [5.41, 5.74) is 5.67. The molecule has 2 heteroatoms. The highest BCUT2D eigenvalue weighted by atomic mass is 16.5. The minimum absolute atomic E-state index is 0.0970. The van der Waals surface area contributed by atoms with E-state index in [0.717, 1.165) is 24.5 Å². The lowest BCUT2D eigenvalue weighted by atomic mass is 9.64. The van der Waals surface area contributed by atoms with Gasteiger partial charge < -0.3 is 9.47 Å². The Morgan fingerprint density at radius 1 is 1.17 bits per heavy atom. The van der Waals surface area contributed by atoms with Crippen LogP contribution in [0, 0.1) is 5.92 Å². The van der Waals surface area contributed by atoms with Crippen LogP contribution in [-0.4, -0.2) is 12.2 Å². The summed E-state index contributed by atoms with van der Waals surface area (Å²) in [7, 11) is 0. The second-order valence-electron chi connectivity index (χ2n) is 8.39. The van der Waals surface area contributed by atoms with Crippen molar-refractivity contribution in [2.75, 3.05) is 6.61 Å². The molecule has 0 bridgehead atoms. The number of unbranched alkanes of at least 4 members (excludes halogenated alkanes) is 2. The Morgan fingerprint density at radius 3 is 2.75 bits per heavy atom. The van der Waals surface area contributed by atoms with Crippen molar-refractivity contribution in [2.24, 2.45) is 5.92 Å². The summed E-state index contributed by atoms with van der Waals surface area (Å²) in [6.45, 7) is 9.87. The number of allylic oxidation sites excluding steroid dienone is 1. The van der Waals surface area contributed by atoms with Crippen LogP contribution in [0.1, 0.15) is 76.8 Å². The van der Waals surface area contributed by atoms with E-state index in [1.54, 1.807) is 0 Å². The Hall–Kier alpha value is -1.44. The first-order valence-electron chi connectivity index (χ1n) is 9.68. The molecule has 0 amide bonds. The van der Waals surface area contributed by atoms with Crippen LogP contribution in [0.25, 0.3) is 0 Å². The third kappa shape index (κ3) is 2.46. The van der Waals surface area contributed by atoms with Gasteiger partial charge in [-0.15, -0.1) is 0 Å². The van der Waals surface area contributed by atoms with E-state index in [0.29, 0.717) is 11.8 Å². The molecule has 0 N–H and O–H groups in total. The first-order chi connectivity index (χ1) is 11.5. The van der Waals surface area contributed by atoms with E-state index in [2.05, 4.69) is 39.8 Å². The maximum absolute atomic E-state index is 6.53. The number of aryl methyl sites for hydroxylation is 1. The van der Waals surface area contributed by atoms with Crippen LogP contribution >= 0.6 is 0 Å². The van der Waals surface area contributed by atoms with E-state index < -0.39 is 0 Å². The number of benzene rings is 1. The fourth-order valence-electron chi connectivity index (χ4n) is 4.95. The molecule has 2 nitrogen and oxygen atoms in total. The molecule has 4 rings (SSSR count). The van der Waals surface area contributed by atoms with E-state index in [-0.39, 0.29) is 5.60 Å². The summed E-state index contributed by atoms with van der Waals surface area (Å²) in [5.74, 6) is 3.24. The molecule has 1 aromatic carbocycles. The molecular weight excluding hydrogens is 296 g/mol. The summed E-state index contributed by atoms with van der Waals surface area (Å²) in [4.78, 5) is 0. The standard InChI is InChI=1S/C22H30O2/c1-5-6-7-8-15-11-18-21-19(12-15)24-22(3,4)17-10-9-14(2)16(13-23-18)20(17)21/h11-12,17,20H,5-10,13H2,1-4H3/t17-,20-/m1/s1. The van der Waals surface area contributed by atoms with Crippen molar-refractivity contribution in [3.63, 3.8) is 0 Å². The molecule has 0 spiro atoms. The van der Waals surface area contributed by atoms with Crippen LogP contribution in [0.3, 0.4) is 0 Å². The average molecular weight is 326 g/mol. The quantitative estimate of drug-likeness (QED) is 0.515. The topological polar surface area (TPSA) is 18.5 Å². The summed E-state index contributed by atoms with van der Waals surface area (Å²) < 4.78 is 12.7. The van der Waals surface area contributed by atoms with Gasteiger partial charge in [-0.3, -0.25) is 0 Å². The van der Waals surface area contributed by atoms with E-state index in [1.165, 1.54) is 54.4 Å². The molecule has 24 heavy (non-hydrogen) atoms. The van der Waals surface area contributed by atoms with Gasteiger partial charge in [0.25, 0.3) is 0 Å². The number of rotatable bonds is 4. The Bertz CT molecular complexity index is 683. The molecule has 1 aromatic rings. The smallest absolute Gasteiger partial charge is 0.127 e. The molecule has 0 unspecified atom stereocenters. The van der Waals surface area contributed by atoms with E-state index >= 15 is 0 Å². The second-order valence-corrected chi connectivity index (χ2v) is 8.39. The molecule has 0 fully saturated rings. The zero-order valence-electron chi connectivity index (χ0n) is 15.6. The highest BCUT2D eigenvalue weighted by Crippen LogP contribution is 2.58. The minimum atomic E-state index is -0.0970. The van der Waals surface area contributed by atoms with Gasteiger partial charge in [-0.05, 0) is 69.7 Å². The number of hydrogen-bond donors (Lipinski definition) is 0. The molecule has 0 radical (unpaired) electrons. The fraction of sp³-hybridized carbons (Fsp3) is 0.636. The third-order valence-corrected chi connectivity index (χ3v) is 6.35. The summed E-state index contributed by atoms with van der Waals surface area (Å²) in [6, 6.07) is 4.58. The molecule has 0 saturated carbocycles. The van der Waals surface area contributed by atoms with Crippen molar-refractivity contribution in [2.45, 2.75) is 77.7 Å². The second kappa shape index (κ2) is 5.82. The molecule has 2 heterocycles. The zero-order chi connectivity index (χ0) is 16.9. The first-order valence-corrected chi connectivity index (χ1v) is 9.68. The van der Waals surface area contributed by atoms with E-state index in [4.69, 9.17) is 9.47 Å². The molecule has 3 aliphatic rings. The predicted octanol–water partition coefficient (Wildman–Crippen LogP) is 5.79. The SMILES string of the molecule is CCCCCc1cc2c3c(c1)OC(C)(C)[C@@H]1CCC(C)=C(CO2)[C@@H]31. The largest absolute Gasteiger partial charge is 0.489 e. The molecule has 1 aliphatic carbocycles. The molecule has 0 aromatic heterocycles. The van der Waals surface area contributed by atoms with Gasteiger partial charge in [0.15, 0.2) is 0 Å². The van der Waals surface area contributed by atoms with Gasteiger partial charge in [0.2, 0.25) is 0 Å². The van der Waals surface area contributed by atoms with Crippen LogP contribution in [-0.2, 0) is 6.42 Å². The van der Waals surface area contributed by atoms with Crippen molar-refractivity contribution < 1.29 is 9.47 Å². The van der Waals surface area contributed by atoms with Gasteiger partial charge in [-0.1, -0.05) is 25.3 Å². The summed E-state index contributed by atoms with van der Waals surface area (Å²) in [5, 5.41) is 0. The monoisotopic (exact) mass is 326 g/mol. The number of hydrogen-bond acceptors (Lipinski definition) is 2. The van der Waals surface area contributed by atoms with Gasteiger partial charge in [0, 0.05) is 17.4 Å². The van der Waals surface area contributed by atoms with Gasteiger partial charge in [-0.2, -0.15) is 0 Å². The van der Waals surface area contributed by atoms with E-state index in [1.807, 2.05) is 0 Å². The molecular formula is C22H30O2. The van der Waals surface area contributed by atoms with Crippen LogP contribution in [0.15, 0.2) is 23.3 Å². The lowest BCUT2D eigenvalue weighted by Crippen LogP contribution is -2.48. The molecule has 0 saturated heterocycles. The minimum Gasteiger partial charge on any atom is -0.489 e. The Morgan fingerprint density at radius 2 is 1.96 bits per heavy atom. The lowest BCUT2D eigenvalue weighted by Gasteiger charge is -2.50. The summed E-state index contributed by atoms with van der Waals surface area (Å²) in [6.07, 6.45) is 7.33. The number of ether oxygens (including phenoxy) is 2. The van der Waals surface area contributed by atoms with E-state index in [9.17, 15) is 0 Å². The first kappa shape index (κ1) is 16.1. The highest BCUT2D eigenvalue weighted by molar-refractivity contribution is 5.58. The van der Waals surface area contributed by atoms with Crippen molar-refractivity contribution in [1.82, 2.24) is 0 Å². The fourth-order valence-corrected chi connectivity index (χ4v) is 4.95. The maximum Gasteiger partial charge on any atom is 0.127 e. The maximum atomic E-state index is 6.53. The van der Waals surface area contributed by atoms with Gasteiger partial charge in [0.05, 0.1) is 0 Å². The molecule has 2 atom stereocenters. The van der Waals surface area contributed by atoms with Crippen LogP contribution in [0.4, 0.5) is 0 Å². The van der Waals surface area contributed by atoms with Crippen molar-refractivity contribution in [3.05, 3.63) is 34.4 Å². The predicted molar refractivity (Wildman–Crippen MR) is 98.0 cm³/mol. The van der Waals surface area contributed by atoms with Gasteiger partial charge in [0.1, 0.15) is 23.7 Å². The lowest BCUT2D eigenvalue weighted by molar-refractivity contribution is 0.00294. The van der Waals surface area contributed by atoms with Crippen molar-refractivity contribution >= 4 is 0 Å². The van der Waals surface area contributed by atoms with Crippen LogP contribution < -0.4 is 9.47 Å². The molecule has 130 valence electrons. The Balaban J connectivity index is 1.79.